The number of amides is 1. The molecule has 1 amide bonds. The molecule has 1 aliphatic rings. The summed E-state index contributed by atoms with van der Waals surface area (Å²) in [6.07, 6.45) is 4.05. The van der Waals surface area contributed by atoms with Gasteiger partial charge in [0.2, 0.25) is 0 Å². The molecule has 1 heterocycles. The summed E-state index contributed by atoms with van der Waals surface area (Å²) < 4.78 is 18.2. The van der Waals surface area contributed by atoms with E-state index in [4.69, 9.17) is 14.2 Å². The first-order valence-electron chi connectivity index (χ1n) is 13.5. The first-order chi connectivity index (χ1) is 17.3. The molecule has 0 saturated heterocycles. The maximum Gasteiger partial charge on any atom is 0.258 e. The highest BCUT2D eigenvalue weighted by Crippen LogP contribution is 2.36. The molecule has 0 N–H and O–H groups in total. The fourth-order valence-electron chi connectivity index (χ4n) is 4.21. The summed E-state index contributed by atoms with van der Waals surface area (Å²) >= 11 is 0. The number of rotatable bonds is 14. The number of carbonyl (C=O) groups is 1. The molecule has 36 heavy (non-hydrogen) atoms. The fraction of sp³-hybridized carbons (Fsp3) is 0.567. The lowest BCUT2D eigenvalue weighted by Crippen LogP contribution is -2.26. The van der Waals surface area contributed by atoms with E-state index in [9.17, 15) is 4.79 Å². The van der Waals surface area contributed by atoms with Gasteiger partial charge < -0.3 is 24.0 Å². The summed E-state index contributed by atoms with van der Waals surface area (Å²) in [6.45, 7) is 12.5. The van der Waals surface area contributed by atoms with Crippen LogP contribution in [0, 0.1) is 0 Å². The molecule has 6 heteroatoms. The first kappa shape index (κ1) is 27.9. The molecule has 0 radical (unpaired) electrons. The third-order valence-electron chi connectivity index (χ3n) is 6.47. The smallest absolute Gasteiger partial charge is 0.258 e. The van der Waals surface area contributed by atoms with E-state index < -0.39 is 0 Å². The van der Waals surface area contributed by atoms with Crippen molar-refractivity contribution in [2.24, 2.45) is 0 Å². The third kappa shape index (κ3) is 7.39. The van der Waals surface area contributed by atoms with Crippen LogP contribution in [0.4, 0.5) is 0 Å². The van der Waals surface area contributed by atoms with Crippen molar-refractivity contribution in [3.63, 3.8) is 0 Å². The van der Waals surface area contributed by atoms with Gasteiger partial charge in [0.15, 0.2) is 0 Å². The van der Waals surface area contributed by atoms with Gasteiger partial charge in [0.05, 0.1) is 18.8 Å². The summed E-state index contributed by atoms with van der Waals surface area (Å²) in [5.41, 5.74) is 3.97. The maximum atomic E-state index is 13.8. The largest absolute Gasteiger partial charge is 0.493 e. The zero-order valence-electron chi connectivity index (χ0n) is 23.1. The topological polar surface area (TPSA) is 51.2 Å². The molecule has 0 aliphatic carbocycles. The van der Waals surface area contributed by atoms with E-state index in [1.165, 1.54) is 5.56 Å². The minimum Gasteiger partial charge on any atom is -0.493 e. The Hall–Kier alpha value is -2.73. The van der Waals surface area contributed by atoms with E-state index in [2.05, 4.69) is 44.7 Å². The average molecular weight is 497 g/mol. The van der Waals surface area contributed by atoms with Crippen molar-refractivity contribution < 1.29 is 19.0 Å². The quantitative estimate of drug-likeness (QED) is 0.289. The van der Waals surface area contributed by atoms with Gasteiger partial charge in [-0.3, -0.25) is 4.79 Å². The number of nitrogens with zero attached hydrogens (tertiary/aromatic N) is 2. The number of carbonyl (C=O) groups excluding carboxylic acids is 1. The Morgan fingerprint density at radius 1 is 0.889 bits per heavy atom. The van der Waals surface area contributed by atoms with Crippen LogP contribution >= 0.6 is 0 Å². The minimum atomic E-state index is -0.00483. The number of hydrogen-bond acceptors (Lipinski definition) is 5. The predicted octanol–water partition coefficient (Wildman–Crippen LogP) is 6.26. The van der Waals surface area contributed by atoms with E-state index >= 15 is 0 Å². The number of unbranched alkanes of at least 4 members (excludes halogenated alkanes) is 2. The van der Waals surface area contributed by atoms with Gasteiger partial charge in [0.1, 0.15) is 23.9 Å². The number of benzene rings is 2. The monoisotopic (exact) mass is 496 g/mol. The highest BCUT2D eigenvalue weighted by Gasteiger charge is 2.28. The molecule has 0 bridgehead atoms. The van der Waals surface area contributed by atoms with E-state index in [0.29, 0.717) is 44.2 Å². The molecule has 0 spiro atoms. The Kier molecular flexibility index (Phi) is 10.5. The van der Waals surface area contributed by atoms with Crippen molar-refractivity contribution in [3.8, 4) is 17.2 Å². The Bertz CT molecular complexity index is 1000. The molecule has 0 unspecified atom stereocenters. The zero-order valence-corrected chi connectivity index (χ0v) is 23.1. The van der Waals surface area contributed by atoms with Gasteiger partial charge in [-0.2, -0.15) is 0 Å². The van der Waals surface area contributed by atoms with Gasteiger partial charge in [-0.05, 0) is 67.7 Å². The van der Waals surface area contributed by atoms with Crippen molar-refractivity contribution in [1.82, 2.24) is 9.80 Å². The van der Waals surface area contributed by atoms with Crippen molar-refractivity contribution in [3.05, 3.63) is 52.6 Å². The van der Waals surface area contributed by atoms with Crippen LogP contribution in [0.5, 0.6) is 17.2 Å². The van der Waals surface area contributed by atoms with Crippen LogP contribution in [0.2, 0.25) is 0 Å². The van der Waals surface area contributed by atoms with Crippen LogP contribution in [-0.2, 0) is 13.1 Å². The average Bonchev–Trinajstić information content (AvgIpc) is 3.27. The third-order valence-corrected chi connectivity index (χ3v) is 6.47. The Labute approximate surface area is 217 Å². The van der Waals surface area contributed by atoms with Gasteiger partial charge in [-0.15, -0.1) is 0 Å². The van der Waals surface area contributed by atoms with Crippen LogP contribution in [0.25, 0.3) is 0 Å². The standard InChI is InChI=1S/C30H44N2O4/c1-7-9-14-35-28-19-29(36-15-10-8-2)27(18-26(28)22(3)4)30(33)32-20-23-11-12-25(17-24(23)21-32)34-16-13-31(5)6/h11-12,17-19,22H,7-10,13-16,20-21H2,1-6H3. The summed E-state index contributed by atoms with van der Waals surface area (Å²) in [6, 6.07) is 10.1. The Morgan fingerprint density at radius 3 is 2.19 bits per heavy atom. The fourth-order valence-corrected chi connectivity index (χ4v) is 4.21. The van der Waals surface area contributed by atoms with Crippen LogP contribution in [0.3, 0.4) is 0 Å². The molecular weight excluding hydrogens is 452 g/mol. The maximum absolute atomic E-state index is 13.8. The second-order valence-electron chi connectivity index (χ2n) is 10.2. The molecule has 2 aromatic rings. The minimum absolute atomic E-state index is 0.00483. The highest BCUT2D eigenvalue weighted by atomic mass is 16.5. The lowest BCUT2D eigenvalue weighted by Gasteiger charge is -2.22. The summed E-state index contributed by atoms with van der Waals surface area (Å²) in [4.78, 5) is 17.8. The van der Waals surface area contributed by atoms with Crippen LogP contribution in [0.15, 0.2) is 30.3 Å². The molecule has 1 aliphatic heterocycles. The normalized spacial score (nSPS) is 12.8. The molecule has 3 rings (SSSR count). The Morgan fingerprint density at radius 2 is 1.56 bits per heavy atom. The second-order valence-corrected chi connectivity index (χ2v) is 10.2. The molecule has 0 aromatic heterocycles. The molecule has 0 saturated carbocycles. The predicted molar refractivity (Wildman–Crippen MR) is 145 cm³/mol. The second kappa shape index (κ2) is 13.5. The number of hydrogen-bond donors (Lipinski definition) is 0. The van der Waals surface area contributed by atoms with E-state index in [1.807, 2.05) is 37.2 Å². The van der Waals surface area contributed by atoms with E-state index in [-0.39, 0.29) is 11.8 Å². The number of ether oxygens (including phenoxy) is 3. The molecule has 0 fully saturated rings. The molecular formula is C30H44N2O4. The molecule has 2 aromatic carbocycles. The van der Waals surface area contributed by atoms with Gasteiger partial charge in [0.25, 0.3) is 5.91 Å². The molecule has 0 atom stereocenters. The van der Waals surface area contributed by atoms with Gasteiger partial charge in [0, 0.05) is 25.7 Å². The van der Waals surface area contributed by atoms with Crippen molar-refractivity contribution >= 4 is 5.91 Å². The lowest BCUT2D eigenvalue weighted by atomic mass is 9.98. The SMILES string of the molecule is CCCCOc1cc(OCCCC)c(C(C)C)cc1C(=O)N1Cc2ccc(OCCN(C)C)cc2C1. The van der Waals surface area contributed by atoms with Gasteiger partial charge >= 0.3 is 0 Å². The van der Waals surface area contributed by atoms with Crippen LogP contribution < -0.4 is 14.2 Å². The summed E-state index contributed by atoms with van der Waals surface area (Å²) in [5, 5.41) is 0. The molecule has 6 nitrogen and oxygen atoms in total. The van der Waals surface area contributed by atoms with Crippen LogP contribution in [-0.4, -0.2) is 56.2 Å². The van der Waals surface area contributed by atoms with Crippen molar-refractivity contribution in [2.75, 3.05) is 40.5 Å². The number of fused-ring (bicyclic) bond motifs is 1. The van der Waals surface area contributed by atoms with E-state index in [1.54, 1.807) is 0 Å². The first-order valence-corrected chi connectivity index (χ1v) is 13.5. The van der Waals surface area contributed by atoms with Crippen LogP contribution in [0.1, 0.15) is 86.3 Å². The molecule has 198 valence electrons. The van der Waals surface area contributed by atoms with Crippen molar-refractivity contribution in [2.45, 2.75) is 72.4 Å². The van der Waals surface area contributed by atoms with Gasteiger partial charge in [-0.25, -0.2) is 0 Å². The van der Waals surface area contributed by atoms with Crippen molar-refractivity contribution in [1.29, 1.82) is 0 Å². The number of likely N-dealkylation sites (N-methyl/N-ethyl adjacent to an activating group) is 1. The summed E-state index contributed by atoms with van der Waals surface area (Å²) in [5.74, 6) is 2.52. The van der Waals surface area contributed by atoms with Gasteiger partial charge in [-0.1, -0.05) is 46.6 Å². The summed E-state index contributed by atoms with van der Waals surface area (Å²) in [7, 11) is 4.06. The zero-order chi connectivity index (χ0) is 26.1. The highest BCUT2D eigenvalue weighted by molar-refractivity contribution is 5.98. The lowest BCUT2D eigenvalue weighted by molar-refractivity contribution is 0.0746. The Balaban J connectivity index is 1.83. The van der Waals surface area contributed by atoms with E-state index in [0.717, 1.165) is 54.9 Å².